The molecule has 1 aliphatic heterocycles. The maximum absolute atomic E-state index is 10.6. The summed E-state index contributed by atoms with van der Waals surface area (Å²) < 4.78 is 29.7. The molecule has 0 unspecified atom stereocenters. The number of halogens is 1. The second kappa shape index (κ2) is 4.26. The van der Waals surface area contributed by atoms with Gasteiger partial charge in [-0.1, -0.05) is 0 Å². The highest BCUT2D eigenvalue weighted by molar-refractivity contribution is 8.12. The molecular weight excluding hydrogens is 216 g/mol. The van der Waals surface area contributed by atoms with Crippen LogP contribution >= 0.6 is 10.7 Å². The van der Waals surface area contributed by atoms with Gasteiger partial charge < -0.3 is 9.64 Å². The van der Waals surface area contributed by atoms with Crippen molar-refractivity contribution in [3.05, 3.63) is 0 Å². The Kier molecular flexibility index (Phi) is 3.52. The lowest BCUT2D eigenvalue weighted by Crippen LogP contribution is -2.39. The minimum atomic E-state index is -3.79. The summed E-state index contributed by atoms with van der Waals surface area (Å²) in [6.45, 7) is 4.11. The van der Waals surface area contributed by atoms with E-state index in [0.717, 1.165) is 0 Å². The molecule has 1 fully saturated rings. The largest absolute Gasteiger partial charge is 0.378 e. The molecule has 76 valence electrons. The molecular formula is C6H11ClN2O3S. The summed E-state index contributed by atoms with van der Waals surface area (Å²) in [6, 6.07) is 0. The monoisotopic (exact) mass is 226 g/mol. The highest BCUT2D eigenvalue weighted by Crippen LogP contribution is 2.04. The second-order valence-corrected chi connectivity index (χ2v) is 4.83. The summed E-state index contributed by atoms with van der Waals surface area (Å²) in [5.74, 6) is 0.415. The third-order valence-electron chi connectivity index (χ3n) is 1.71. The Balaban J connectivity index is 2.65. The first kappa shape index (κ1) is 10.7. The minimum absolute atomic E-state index is 0.415. The fourth-order valence-electron chi connectivity index (χ4n) is 1.10. The lowest BCUT2D eigenvalue weighted by atomic mass is 10.4. The van der Waals surface area contributed by atoms with Gasteiger partial charge in [0.2, 0.25) is 0 Å². The van der Waals surface area contributed by atoms with Crippen LogP contribution in [0.4, 0.5) is 0 Å². The van der Waals surface area contributed by atoms with Crippen LogP contribution in [-0.2, 0) is 14.0 Å². The number of rotatable bonds is 1. The second-order valence-electron chi connectivity index (χ2n) is 2.65. The van der Waals surface area contributed by atoms with Crippen molar-refractivity contribution >= 4 is 25.8 Å². The maximum atomic E-state index is 10.6. The van der Waals surface area contributed by atoms with Crippen molar-refractivity contribution in [1.82, 2.24) is 4.90 Å². The fourth-order valence-corrected chi connectivity index (χ4v) is 1.83. The molecule has 1 saturated heterocycles. The molecule has 0 bridgehead atoms. The van der Waals surface area contributed by atoms with E-state index in [1.54, 1.807) is 6.92 Å². The highest BCUT2D eigenvalue weighted by Gasteiger charge is 2.13. The van der Waals surface area contributed by atoms with Gasteiger partial charge in [0.25, 0.3) is 0 Å². The van der Waals surface area contributed by atoms with Gasteiger partial charge in [0, 0.05) is 23.8 Å². The smallest absolute Gasteiger partial charge is 0.341 e. The molecule has 0 radical (unpaired) electrons. The first-order valence-electron chi connectivity index (χ1n) is 3.83. The Labute approximate surface area is 81.9 Å². The minimum Gasteiger partial charge on any atom is -0.378 e. The first-order valence-corrected chi connectivity index (χ1v) is 6.09. The Morgan fingerprint density at radius 2 is 2.00 bits per heavy atom. The van der Waals surface area contributed by atoms with Gasteiger partial charge in [0.15, 0.2) is 0 Å². The molecule has 0 saturated carbocycles. The van der Waals surface area contributed by atoms with Gasteiger partial charge in [-0.2, -0.15) is 8.42 Å². The van der Waals surface area contributed by atoms with Gasteiger partial charge in [0.1, 0.15) is 5.84 Å². The van der Waals surface area contributed by atoms with E-state index in [0.29, 0.717) is 32.1 Å². The van der Waals surface area contributed by atoms with Gasteiger partial charge in [-0.3, -0.25) is 0 Å². The molecule has 0 aromatic rings. The molecule has 0 spiro atoms. The molecule has 13 heavy (non-hydrogen) atoms. The van der Waals surface area contributed by atoms with Crippen LogP contribution in [0, 0.1) is 0 Å². The van der Waals surface area contributed by atoms with E-state index in [2.05, 4.69) is 4.40 Å². The predicted molar refractivity (Wildman–Crippen MR) is 50.3 cm³/mol. The zero-order chi connectivity index (χ0) is 9.90. The Bertz CT molecular complexity index is 295. The van der Waals surface area contributed by atoms with Crippen molar-refractivity contribution in [2.75, 3.05) is 26.3 Å². The quantitative estimate of drug-likeness (QED) is 0.365. The first-order chi connectivity index (χ1) is 5.99. The molecule has 5 nitrogen and oxygen atoms in total. The van der Waals surface area contributed by atoms with E-state index in [4.69, 9.17) is 15.4 Å². The summed E-state index contributed by atoms with van der Waals surface area (Å²) >= 11 is 0. The molecule has 0 N–H and O–H groups in total. The van der Waals surface area contributed by atoms with Gasteiger partial charge in [-0.25, -0.2) is 0 Å². The standard InChI is InChI=1S/C6H11ClN2O3S/c1-6(8-13(7,10)11)9-2-4-12-5-3-9/h2-5H2,1H3/b8-6-. The van der Waals surface area contributed by atoms with Crippen LogP contribution < -0.4 is 0 Å². The van der Waals surface area contributed by atoms with Gasteiger partial charge >= 0.3 is 9.24 Å². The van der Waals surface area contributed by atoms with Crippen molar-refractivity contribution in [3.63, 3.8) is 0 Å². The van der Waals surface area contributed by atoms with E-state index in [1.807, 2.05) is 4.90 Å². The Hall–Kier alpha value is -0.330. The maximum Gasteiger partial charge on any atom is 0.341 e. The normalized spacial score (nSPS) is 20.5. The number of ether oxygens (including phenoxy) is 1. The van der Waals surface area contributed by atoms with Crippen LogP contribution in [0.5, 0.6) is 0 Å². The van der Waals surface area contributed by atoms with E-state index in [1.165, 1.54) is 0 Å². The van der Waals surface area contributed by atoms with Crippen molar-refractivity contribution in [2.24, 2.45) is 4.40 Å². The third-order valence-corrected chi connectivity index (χ3v) is 2.40. The molecule has 0 amide bonds. The van der Waals surface area contributed by atoms with E-state index in [9.17, 15) is 8.42 Å². The molecule has 0 aliphatic carbocycles. The van der Waals surface area contributed by atoms with Crippen LogP contribution in [-0.4, -0.2) is 45.5 Å². The highest BCUT2D eigenvalue weighted by atomic mass is 35.7. The molecule has 1 rings (SSSR count). The summed E-state index contributed by atoms with van der Waals surface area (Å²) in [6.07, 6.45) is 0. The SMILES string of the molecule is C/C(=N/S(=O)(=O)Cl)N1CCOCC1. The molecule has 1 aliphatic rings. The van der Waals surface area contributed by atoms with Crippen molar-refractivity contribution in [2.45, 2.75) is 6.92 Å². The van der Waals surface area contributed by atoms with Gasteiger partial charge in [-0.15, -0.1) is 4.40 Å². The zero-order valence-electron chi connectivity index (χ0n) is 7.23. The number of amidine groups is 1. The molecule has 0 aromatic carbocycles. The molecule has 0 aromatic heterocycles. The van der Waals surface area contributed by atoms with E-state index >= 15 is 0 Å². The van der Waals surface area contributed by atoms with E-state index in [-0.39, 0.29) is 0 Å². The van der Waals surface area contributed by atoms with Crippen LogP contribution in [0.15, 0.2) is 4.40 Å². The Morgan fingerprint density at radius 1 is 1.46 bits per heavy atom. The molecule has 0 atom stereocenters. The van der Waals surface area contributed by atoms with E-state index < -0.39 is 9.24 Å². The van der Waals surface area contributed by atoms with Gasteiger partial charge in [-0.05, 0) is 6.92 Å². The summed E-state index contributed by atoms with van der Waals surface area (Å²) in [7, 11) is 1.18. The Morgan fingerprint density at radius 3 is 2.46 bits per heavy atom. The van der Waals surface area contributed by atoms with Crippen LogP contribution in [0.1, 0.15) is 6.92 Å². The average Bonchev–Trinajstić information content (AvgIpc) is 2.03. The lowest BCUT2D eigenvalue weighted by Gasteiger charge is -2.27. The van der Waals surface area contributed by atoms with Crippen LogP contribution in [0.3, 0.4) is 0 Å². The molecule has 1 heterocycles. The number of hydrogen-bond acceptors (Lipinski definition) is 3. The predicted octanol–water partition coefficient (Wildman–Crippen LogP) is 0.221. The van der Waals surface area contributed by atoms with Crippen molar-refractivity contribution in [1.29, 1.82) is 0 Å². The average molecular weight is 227 g/mol. The van der Waals surface area contributed by atoms with Gasteiger partial charge in [0.05, 0.1) is 13.2 Å². The fraction of sp³-hybridized carbons (Fsp3) is 0.833. The van der Waals surface area contributed by atoms with Crippen LogP contribution in [0.2, 0.25) is 0 Å². The van der Waals surface area contributed by atoms with Crippen molar-refractivity contribution < 1.29 is 13.2 Å². The third kappa shape index (κ3) is 3.93. The summed E-state index contributed by atoms with van der Waals surface area (Å²) in [5, 5.41) is 0. The number of nitrogens with zero attached hydrogens (tertiary/aromatic N) is 2. The zero-order valence-corrected chi connectivity index (χ0v) is 8.81. The molecule has 7 heteroatoms. The van der Waals surface area contributed by atoms with Crippen molar-refractivity contribution in [3.8, 4) is 0 Å². The summed E-state index contributed by atoms with van der Waals surface area (Å²) in [5.41, 5.74) is 0. The topological polar surface area (TPSA) is 59.0 Å². The lowest BCUT2D eigenvalue weighted by molar-refractivity contribution is 0.0679. The van der Waals surface area contributed by atoms with Crippen LogP contribution in [0.25, 0.3) is 0 Å². The number of hydrogen-bond donors (Lipinski definition) is 0. The number of morpholine rings is 1. The summed E-state index contributed by atoms with van der Waals surface area (Å²) in [4.78, 5) is 1.82.